The quantitative estimate of drug-likeness (QED) is 0.376. The minimum atomic E-state index is -0.680. The third-order valence-corrected chi connectivity index (χ3v) is 4.85. The first-order chi connectivity index (χ1) is 12.7. The Morgan fingerprint density at radius 3 is 2.69 bits per heavy atom. The van der Waals surface area contributed by atoms with E-state index in [0.29, 0.717) is 34.1 Å². The molecule has 1 N–H and O–H groups in total. The van der Waals surface area contributed by atoms with E-state index in [0.717, 1.165) is 0 Å². The van der Waals surface area contributed by atoms with Crippen molar-refractivity contribution in [3.8, 4) is 5.75 Å². The molecule has 134 valence electrons. The molecule has 0 aliphatic heterocycles. The Kier molecular flexibility index (Phi) is 6.09. The average molecular weight is 368 g/mol. The van der Waals surface area contributed by atoms with Crippen LogP contribution in [-0.4, -0.2) is 33.1 Å². The van der Waals surface area contributed by atoms with Crippen molar-refractivity contribution < 1.29 is 9.84 Å². The van der Waals surface area contributed by atoms with Gasteiger partial charge in [0.1, 0.15) is 12.4 Å². The highest BCUT2D eigenvalue weighted by atomic mass is 32.2. The molecule has 0 saturated carbocycles. The number of benzene rings is 2. The summed E-state index contributed by atoms with van der Waals surface area (Å²) < 4.78 is 7.13. The highest BCUT2D eigenvalue weighted by molar-refractivity contribution is 7.99. The van der Waals surface area contributed by atoms with Crippen LogP contribution in [0.3, 0.4) is 0 Å². The van der Waals surface area contributed by atoms with Crippen LogP contribution in [0.15, 0.2) is 77.2 Å². The van der Waals surface area contributed by atoms with Crippen molar-refractivity contribution in [1.29, 1.82) is 0 Å². The first kappa shape index (κ1) is 18.2. The van der Waals surface area contributed by atoms with Gasteiger partial charge >= 0.3 is 0 Å². The van der Waals surface area contributed by atoms with Crippen molar-refractivity contribution in [3.05, 3.63) is 77.6 Å². The molecule has 2 aromatic carbocycles. The van der Waals surface area contributed by atoms with E-state index in [1.54, 1.807) is 16.7 Å². The molecule has 0 spiro atoms. The van der Waals surface area contributed by atoms with Crippen LogP contribution < -0.4 is 10.3 Å². The highest BCUT2D eigenvalue weighted by Crippen LogP contribution is 2.19. The van der Waals surface area contributed by atoms with E-state index in [1.807, 2.05) is 48.5 Å². The zero-order valence-corrected chi connectivity index (χ0v) is 15.1. The van der Waals surface area contributed by atoms with E-state index in [4.69, 9.17) is 4.74 Å². The second-order valence-corrected chi connectivity index (χ2v) is 6.69. The Hall–Kier alpha value is -2.57. The molecular weight excluding hydrogens is 348 g/mol. The number of rotatable bonds is 8. The molecule has 1 heterocycles. The zero-order valence-electron chi connectivity index (χ0n) is 14.2. The summed E-state index contributed by atoms with van der Waals surface area (Å²) in [5.74, 6) is 1.08. The molecule has 0 unspecified atom stereocenters. The number of para-hydroxylation sites is 2. The Morgan fingerprint density at radius 2 is 1.92 bits per heavy atom. The second-order valence-electron chi connectivity index (χ2n) is 5.70. The summed E-state index contributed by atoms with van der Waals surface area (Å²) in [7, 11) is 0. The fourth-order valence-electron chi connectivity index (χ4n) is 2.48. The summed E-state index contributed by atoms with van der Waals surface area (Å²) in [6.45, 7) is 4.26. The van der Waals surface area contributed by atoms with Gasteiger partial charge in [-0.15, -0.1) is 6.58 Å². The summed E-state index contributed by atoms with van der Waals surface area (Å²) in [6.07, 6.45) is 0.984. The summed E-state index contributed by atoms with van der Waals surface area (Å²) >= 11 is 1.33. The molecular formula is C20H20N2O3S. The van der Waals surface area contributed by atoms with Crippen molar-refractivity contribution in [3.63, 3.8) is 0 Å². The van der Waals surface area contributed by atoms with E-state index in [1.165, 1.54) is 11.8 Å². The van der Waals surface area contributed by atoms with Gasteiger partial charge in [-0.3, -0.25) is 9.36 Å². The van der Waals surface area contributed by atoms with Gasteiger partial charge in [0.2, 0.25) is 0 Å². The third-order valence-electron chi connectivity index (χ3n) is 3.73. The molecule has 26 heavy (non-hydrogen) atoms. The third kappa shape index (κ3) is 4.33. The van der Waals surface area contributed by atoms with Gasteiger partial charge < -0.3 is 9.84 Å². The number of hydrogen-bond acceptors (Lipinski definition) is 5. The number of aromatic nitrogens is 2. The molecule has 0 radical (unpaired) electrons. The van der Waals surface area contributed by atoms with Crippen molar-refractivity contribution in [1.82, 2.24) is 9.55 Å². The maximum Gasteiger partial charge on any atom is 0.262 e. The lowest BCUT2D eigenvalue weighted by Crippen LogP contribution is -2.24. The molecule has 6 heteroatoms. The number of aliphatic hydroxyl groups is 1. The van der Waals surface area contributed by atoms with Gasteiger partial charge in [-0.1, -0.05) is 48.2 Å². The van der Waals surface area contributed by atoms with Crippen LogP contribution in [0.5, 0.6) is 5.75 Å². The minimum absolute atomic E-state index is 0.104. The SMILES string of the molecule is C=CCn1c(SC[C@@H](O)COc2ccccc2)nc2ccccc2c1=O. The number of ether oxygens (including phenoxy) is 1. The molecule has 0 fully saturated rings. The van der Waals surface area contributed by atoms with E-state index in [2.05, 4.69) is 11.6 Å². The smallest absolute Gasteiger partial charge is 0.262 e. The van der Waals surface area contributed by atoms with Crippen LogP contribution >= 0.6 is 11.8 Å². The lowest BCUT2D eigenvalue weighted by atomic mass is 10.2. The van der Waals surface area contributed by atoms with E-state index in [-0.39, 0.29) is 12.2 Å². The minimum Gasteiger partial charge on any atom is -0.491 e. The molecule has 1 aromatic heterocycles. The standard InChI is InChI=1S/C20H20N2O3S/c1-2-12-22-19(24)17-10-6-7-11-18(17)21-20(22)26-14-15(23)13-25-16-8-4-3-5-9-16/h2-11,15,23H,1,12-14H2/t15-/m0/s1. The normalized spacial score (nSPS) is 12.0. The van der Waals surface area contributed by atoms with Crippen LogP contribution in [0.1, 0.15) is 0 Å². The topological polar surface area (TPSA) is 64.3 Å². The van der Waals surface area contributed by atoms with E-state index < -0.39 is 6.10 Å². The van der Waals surface area contributed by atoms with Crippen LogP contribution in [0.25, 0.3) is 10.9 Å². The molecule has 1 atom stereocenters. The number of allylic oxidation sites excluding steroid dienone is 1. The van der Waals surface area contributed by atoms with Crippen molar-refractivity contribution in [2.75, 3.05) is 12.4 Å². The molecule has 5 nitrogen and oxygen atoms in total. The van der Waals surface area contributed by atoms with Gasteiger partial charge in [0, 0.05) is 12.3 Å². The summed E-state index contributed by atoms with van der Waals surface area (Å²) in [5.41, 5.74) is 0.545. The van der Waals surface area contributed by atoms with Crippen LogP contribution in [0.2, 0.25) is 0 Å². The Labute approximate surface area is 156 Å². The lowest BCUT2D eigenvalue weighted by Gasteiger charge is -2.14. The fraction of sp³-hybridized carbons (Fsp3) is 0.200. The first-order valence-electron chi connectivity index (χ1n) is 8.28. The van der Waals surface area contributed by atoms with Crippen LogP contribution in [0.4, 0.5) is 0 Å². The predicted octanol–water partition coefficient (Wildman–Crippen LogP) is 3.11. The Balaban J connectivity index is 1.72. The van der Waals surface area contributed by atoms with Crippen LogP contribution in [-0.2, 0) is 6.54 Å². The number of fused-ring (bicyclic) bond motifs is 1. The molecule has 3 rings (SSSR count). The highest BCUT2D eigenvalue weighted by Gasteiger charge is 2.13. The molecule has 0 aliphatic rings. The number of thioether (sulfide) groups is 1. The maximum atomic E-state index is 12.7. The van der Waals surface area contributed by atoms with Crippen molar-refractivity contribution in [2.45, 2.75) is 17.8 Å². The number of aliphatic hydroxyl groups excluding tert-OH is 1. The number of nitrogens with zero attached hydrogens (tertiary/aromatic N) is 2. The molecule has 3 aromatic rings. The van der Waals surface area contributed by atoms with Gasteiger partial charge in [0.05, 0.1) is 17.0 Å². The second kappa shape index (κ2) is 8.69. The van der Waals surface area contributed by atoms with Crippen molar-refractivity contribution >= 4 is 22.7 Å². The fourth-order valence-corrected chi connectivity index (χ4v) is 3.39. The molecule has 0 amide bonds. The Morgan fingerprint density at radius 1 is 1.19 bits per heavy atom. The first-order valence-corrected chi connectivity index (χ1v) is 9.27. The number of hydrogen-bond donors (Lipinski definition) is 1. The predicted molar refractivity (Wildman–Crippen MR) is 105 cm³/mol. The summed E-state index contributed by atoms with van der Waals surface area (Å²) in [4.78, 5) is 17.2. The maximum absolute atomic E-state index is 12.7. The van der Waals surface area contributed by atoms with Crippen LogP contribution in [0, 0.1) is 0 Å². The molecule has 0 bridgehead atoms. The van der Waals surface area contributed by atoms with E-state index in [9.17, 15) is 9.90 Å². The zero-order chi connectivity index (χ0) is 18.4. The summed E-state index contributed by atoms with van der Waals surface area (Å²) in [6, 6.07) is 16.6. The Bertz CT molecular complexity index is 941. The molecule has 0 aliphatic carbocycles. The lowest BCUT2D eigenvalue weighted by molar-refractivity contribution is 0.126. The summed E-state index contributed by atoms with van der Waals surface area (Å²) in [5, 5.41) is 11.3. The van der Waals surface area contributed by atoms with Gasteiger partial charge in [-0.05, 0) is 24.3 Å². The monoisotopic (exact) mass is 368 g/mol. The van der Waals surface area contributed by atoms with E-state index >= 15 is 0 Å². The molecule has 0 saturated heterocycles. The van der Waals surface area contributed by atoms with Crippen molar-refractivity contribution in [2.24, 2.45) is 0 Å². The van der Waals surface area contributed by atoms with Gasteiger partial charge in [-0.2, -0.15) is 0 Å². The van der Waals surface area contributed by atoms with Gasteiger partial charge in [0.25, 0.3) is 5.56 Å². The van der Waals surface area contributed by atoms with Gasteiger partial charge in [-0.25, -0.2) is 4.98 Å². The average Bonchev–Trinajstić information content (AvgIpc) is 2.68. The largest absolute Gasteiger partial charge is 0.491 e. The van der Waals surface area contributed by atoms with Gasteiger partial charge in [0.15, 0.2) is 5.16 Å².